The maximum Gasteiger partial charge on any atom is 0.233 e. The van der Waals surface area contributed by atoms with Crippen LogP contribution in [0, 0.1) is 5.92 Å². The van der Waals surface area contributed by atoms with Crippen molar-refractivity contribution in [2.24, 2.45) is 5.92 Å². The van der Waals surface area contributed by atoms with E-state index in [1.54, 1.807) is 7.11 Å². The van der Waals surface area contributed by atoms with E-state index in [0.717, 1.165) is 18.0 Å². The molecule has 0 amide bonds. The predicted molar refractivity (Wildman–Crippen MR) is 62.3 cm³/mol. The molecule has 1 aromatic heterocycles. The van der Waals surface area contributed by atoms with Gasteiger partial charge in [-0.15, -0.1) is 5.10 Å². The number of hydrogen-bond donors (Lipinski definition) is 1. The summed E-state index contributed by atoms with van der Waals surface area (Å²) in [5.74, 6) is 1.53. The van der Waals surface area contributed by atoms with Crippen LogP contribution in [0.1, 0.15) is 37.4 Å². The molecule has 0 spiro atoms. The Balaban J connectivity index is 1.94. The van der Waals surface area contributed by atoms with Crippen molar-refractivity contribution >= 4 is 0 Å². The van der Waals surface area contributed by atoms with Gasteiger partial charge in [0.1, 0.15) is 0 Å². The van der Waals surface area contributed by atoms with Gasteiger partial charge in [-0.3, -0.25) is 0 Å². The van der Waals surface area contributed by atoms with Crippen molar-refractivity contribution in [1.82, 2.24) is 15.5 Å². The van der Waals surface area contributed by atoms with Crippen LogP contribution >= 0.6 is 0 Å². The Kier molecular flexibility index (Phi) is 3.72. The Hall–Kier alpha value is -1.16. The molecular formula is C12H19N3O. The van der Waals surface area contributed by atoms with E-state index in [0.29, 0.717) is 11.9 Å². The fourth-order valence-corrected chi connectivity index (χ4v) is 1.87. The molecule has 1 unspecified atom stereocenters. The standard InChI is InChI=1S/C12H19N3O/c1-13-10(6-5-9-3-4-9)11-7-8-12(16-2)15-14-11/h7-10,13H,3-6H2,1-2H3. The SMILES string of the molecule is CNC(CCC1CC1)c1ccc(OC)nn1. The van der Waals surface area contributed by atoms with E-state index in [2.05, 4.69) is 15.5 Å². The number of hydrogen-bond acceptors (Lipinski definition) is 4. The molecule has 4 nitrogen and oxygen atoms in total. The molecule has 1 fully saturated rings. The number of ether oxygens (including phenoxy) is 1. The van der Waals surface area contributed by atoms with Crippen LogP contribution < -0.4 is 10.1 Å². The highest BCUT2D eigenvalue weighted by atomic mass is 16.5. The summed E-state index contributed by atoms with van der Waals surface area (Å²) < 4.78 is 5.00. The molecule has 0 radical (unpaired) electrons. The lowest BCUT2D eigenvalue weighted by atomic mass is 10.1. The summed E-state index contributed by atoms with van der Waals surface area (Å²) in [6.07, 6.45) is 5.25. The summed E-state index contributed by atoms with van der Waals surface area (Å²) >= 11 is 0. The third-order valence-electron chi connectivity index (χ3n) is 3.14. The topological polar surface area (TPSA) is 47.0 Å². The molecule has 16 heavy (non-hydrogen) atoms. The summed E-state index contributed by atoms with van der Waals surface area (Å²) in [7, 11) is 3.58. The van der Waals surface area contributed by atoms with E-state index >= 15 is 0 Å². The largest absolute Gasteiger partial charge is 0.480 e. The molecule has 1 aromatic rings. The van der Waals surface area contributed by atoms with E-state index in [-0.39, 0.29) is 0 Å². The van der Waals surface area contributed by atoms with Crippen LogP contribution in [0.3, 0.4) is 0 Å². The summed E-state index contributed by atoms with van der Waals surface area (Å²) in [4.78, 5) is 0. The van der Waals surface area contributed by atoms with Crippen molar-refractivity contribution < 1.29 is 4.74 Å². The fourth-order valence-electron chi connectivity index (χ4n) is 1.87. The van der Waals surface area contributed by atoms with Crippen molar-refractivity contribution in [3.63, 3.8) is 0 Å². The molecule has 1 N–H and O–H groups in total. The molecule has 0 saturated heterocycles. The molecule has 0 bridgehead atoms. The second kappa shape index (κ2) is 5.25. The summed E-state index contributed by atoms with van der Waals surface area (Å²) in [6.45, 7) is 0. The van der Waals surface area contributed by atoms with Crippen molar-refractivity contribution in [3.8, 4) is 5.88 Å². The highest BCUT2D eigenvalue weighted by molar-refractivity contribution is 5.14. The molecule has 2 rings (SSSR count). The molecule has 0 aromatic carbocycles. The van der Waals surface area contributed by atoms with Crippen molar-refractivity contribution in [2.45, 2.75) is 31.7 Å². The first-order valence-electron chi connectivity index (χ1n) is 5.88. The summed E-state index contributed by atoms with van der Waals surface area (Å²) in [5.41, 5.74) is 1.00. The van der Waals surface area contributed by atoms with Gasteiger partial charge >= 0.3 is 0 Å². The second-order valence-corrected chi connectivity index (χ2v) is 4.36. The summed E-state index contributed by atoms with van der Waals surface area (Å²) in [6, 6.07) is 4.17. The van der Waals surface area contributed by atoms with Crippen LogP contribution in [-0.2, 0) is 0 Å². The van der Waals surface area contributed by atoms with Crippen molar-refractivity contribution in [3.05, 3.63) is 17.8 Å². The van der Waals surface area contributed by atoms with Crippen LogP contribution in [0.15, 0.2) is 12.1 Å². The van der Waals surface area contributed by atoms with Gasteiger partial charge in [-0.05, 0) is 31.9 Å². The van der Waals surface area contributed by atoms with Crippen molar-refractivity contribution in [2.75, 3.05) is 14.2 Å². The monoisotopic (exact) mass is 221 g/mol. The number of nitrogens with zero attached hydrogens (tertiary/aromatic N) is 2. The average Bonchev–Trinajstić information content (AvgIpc) is 3.15. The lowest BCUT2D eigenvalue weighted by Crippen LogP contribution is -2.18. The molecule has 1 aliphatic carbocycles. The van der Waals surface area contributed by atoms with E-state index in [4.69, 9.17) is 4.74 Å². The molecular weight excluding hydrogens is 202 g/mol. The maximum atomic E-state index is 5.00. The van der Waals surface area contributed by atoms with Crippen LogP contribution in [-0.4, -0.2) is 24.4 Å². The van der Waals surface area contributed by atoms with Gasteiger partial charge in [-0.1, -0.05) is 12.8 Å². The first-order chi connectivity index (χ1) is 7.83. The fraction of sp³-hybridized carbons (Fsp3) is 0.667. The molecule has 4 heteroatoms. The Labute approximate surface area is 96.4 Å². The minimum atomic E-state index is 0.319. The third-order valence-corrected chi connectivity index (χ3v) is 3.14. The smallest absolute Gasteiger partial charge is 0.233 e. The van der Waals surface area contributed by atoms with Crippen LogP contribution in [0.5, 0.6) is 5.88 Å². The Bertz CT molecular complexity index is 322. The van der Waals surface area contributed by atoms with Crippen molar-refractivity contribution in [1.29, 1.82) is 0 Å². The number of methoxy groups -OCH3 is 1. The minimum Gasteiger partial charge on any atom is -0.480 e. The van der Waals surface area contributed by atoms with Gasteiger partial charge < -0.3 is 10.1 Å². The van der Waals surface area contributed by atoms with Gasteiger partial charge in [0.25, 0.3) is 0 Å². The van der Waals surface area contributed by atoms with E-state index in [9.17, 15) is 0 Å². The first kappa shape index (κ1) is 11.3. The van der Waals surface area contributed by atoms with E-state index in [1.807, 2.05) is 19.2 Å². The van der Waals surface area contributed by atoms with E-state index < -0.39 is 0 Å². The van der Waals surface area contributed by atoms with Crippen LogP contribution in [0.2, 0.25) is 0 Å². The average molecular weight is 221 g/mol. The van der Waals surface area contributed by atoms with Gasteiger partial charge in [0.05, 0.1) is 18.8 Å². The lowest BCUT2D eigenvalue weighted by Gasteiger charge is -2.14. The number of rotatable bonds is 6. The molecule has 1 aliphatic rings. The number of nitrogens with one attached hydrogen (secondary N) is 1. The van der Waals surface area contributed by atoms with Gasteiger partial charge in [-0.25, -0.2) is 0 Å². The minimum absolute atomic E-state index is 0.319. The van der Waals surface area contributed by atoms with Gasteiger partial charge in [0.15, 0.2) is 0 Å². The molecule has 0 aliphatic heterocycles. The quantitative estimate of drug-likeness (QED) is 0.797. The van der Waals surface area contributed by atoms with E-state index in [1.165, 1.54) is 19.3 Å². The molecule has 88 valence electrons. The summed E-state index contributed by atoms with van der Waals surface area (Å²) in [5, 5.41) is 11.5. The zero-order chi connectivity index (χ0) is 11.4. The second-order valence-electron chi connectivity index (χ2n) is 4.36. The zero-order valence-electron chi connectivity index (χ0n) is 9.94. The number of aromatic nitrogens is 2. The molecule has 1 heterocycles. The Morgan fingerprint density at radius 2 is 2.25 bits per heavy atom. The normalized spacial score (nSPS) is 17.1. The lowest BCUT2D eigenvalue weighted by molar-refractivity contribution is 0.388. The molecule has 1 atom stereocenters. The van der Waals surface area contributed by atoms with Gasteiger partial charge in [0.2, 0.25) is 5.88 Å². The Morgan fingerprint density at radius 1 is 1.44 bits per heavy atom. The first-order valence-corrected chi connectivity index (χ1v) is 5.88. The van der Waals surface area contributed by atoms with Crippen LogP contribution in [0.25, 0.3) is 0 Å². The van der Waals surface area contributed by atoms with Gasteiger partial charge in [-0.2, -0.15) is 5.10 Å². The highest BCUT2D eigenvalue weighted by Crippen LogP contribution is 2.35. The predicted octanol–water partition coefficient (Wildman–Crippen LogP) is 1.94. The highest BCUT2D eigenvalue weighted by Gasteiger charge is 2.23. The maximum absolute atomic E-state index is 5.00. The third kappa shape index (κ3) is 2.92. The zero-order valence-corrected chi connectivity index (χ0v) is 9.94. The molecule has 1 saturated carbocycles. The van der Waals surface area contributed by atoms with Gasteiger partial charge in [0, 0.05) is 6.07 Å². The van der Waals surface area contributed by atoms with Crippen LogP contribution in [0.4, 0.5) is 0 Å². The Morgan fingerprint density at radius 3 is 2.75 bits per heavy atom.